The van der Waals surface area contributed by atoms with E-state index in [0.29, 0.717) is 11.7 Å². The van der Waals surface area contributed by atoms with Crippen molar-refractivity contribution in [3.8, 4) is 0 Å². The zero-order chi connectivity index (χ0) is 20.4. The second kappa shape index (κ2) is 8.11. The lowest BCUT2D eigenvalue weighted by Crippen LogP contribution is -2.64. The summed E-state index contributed by atoms with van der Waals surface area (Å²) in [5.74, 6) is 0.825. The van der Waals surface area contributed by atoms with Crippen LogP contribution in [-0.2, 0) is 9.92 Å². The summed E-state index contributed by atoms with van der Waals surface area (Å²) in [5.41, 5.74) is 0. The Balaban J connectivity index is 2.20. The first kappa shape index (κ1) is 21.2. The van der Waals surface area contributed by atoms with Crippen molar-refractivity contribution < 1.29 is 4.21 Å². The van der Waals surface area contributed by atoms with Crippen molar-refractivity contribution >= 4 is 28.5 Å². The molecule has 1 fully saturated rings. The third-order valence-electron chi connectivity index (χ3n) is 5.72. The molecule has 0 spiro atoms. The zero-order valence-electron chi connectivity index (χ0n) is 17.5. The normalized spacial score (nSPS) is 20.7. The van der Waals surface area contributed by atoms with E-state index in [1.54, 1.807) is 0 Å². The molecule has 4 nitrogen and oxygen atoms in total. The Bertz CT molecular complexity index is 863. The van der Waals surface area contributed by atoms with Crippen molar-refractivity contribution in [2.45, 2.75) is 32.2 Å². The SMILES string of the molecule is CN1CCC(CS(N)(=O)=N[Si](c2ccccc2)(c2ccccc2)C(C)(C)C)C1. The van der Waals surface area contributed by atoms with Gasteiger partial charge in [-0.2, -0.15) is 0 Å². The number of hydrogen-bond acceptors (Lipinski definition) is 3. The Morgan fingerprint density at radius 2 is 1.57 bits per heavy atom. The average Bonchev–Trinajstić information content (AvgIpc) is 3.04. The van der Waals surface area contributed by atoms with Crippen LogP contribution >= 0.6 is 0 Å². The van der Waals surface area contributed by atoms with Crippen LogP contribution in [0.15, 0.2) is 64.7 Å². The molecule has 2 atom stereocenters. The number of nitrogens with zero attached hydrogens (tertiary/aromatic N) is 2. The first-order chi connectivity index (χ1) is 13.1. The lowest BCUT2D eigenvalue weighted by molar-refractivity contribution is 0.402. The molecule has 6 heteroatoms. The van der Waals surface area contributed by atoms with Crippen molar-refractivity contribution in [2.24, 2.45) is 15.1 Å². The second-order valence-electron chi connectivity index (χ2n) is 9.06. The van der Waals surface area contributed by atoms with E-state index in [9.17, 15) is 4.21 Å². The number of rotatable bonds is 5. The third kappa shape index (κ3) is 4.40. The van der Waals surface area contributed by atoms with E-state index in [2.05, 4.69) is 57.0 Å². The Morgan fingerprint density at radius 1 is 1.07 bits per heavy atom. The summed E-state index contributed by atoms with van der Waals surface area (Å²) in [5, 5.41) is 8.63. The largest absolute Gasteiger partial charge is 0.306 e. The summed E-state index contributed by atoms with van der Waals surface area (Å²) < 4.78 is 18.9. The fraction of sp³-hybridized carbons (Fsp3) is 0.455. The number of hydrogen-bond donors (Lipinski definition) is 1. The van der Waals surface area contributed by atoms with Gasteiger partial charge in [-0.15, -0.1) is 0 Å². The van der Waals surface area contributed by atoms with Gasteiger partial charge in [-0.25, -0.2) is 9.35 Å². The summed E-state index contributed by atoms with van der Waals surface area (Å²) in [6.45, 7) is 8.62. The van der Waals surface area contributed by atoms with Gasteiger partial charge in [0.2, 0.25) is 0 Å². The van der Waals surface area contributed by atoms with Crippen LogP contribution in [0.3, 0.4) is 0 Å². The van der Waals surface area contributed by atoms with Crippen molar-refractivity contribution in [3.05, 3.63) is 60.7 Å². The number of nitrogens with two attached hydrogens (primary N) is 1. The number of likely N-dealkylation sites (tertiary alicyclic amines) is 1. The standard InChI is InChI=1S/C22H33N3OSSi/c1-22(2,3)28(20-11-7-5-8-12-20,21-13-9-6-10-14-21)24-27(23,26)18-19-15-16-25(4)17-19/h5-14,19H,15-18H2,1-4H3,(H2,23,24,26). The van der Waals surface area contributed by atoms with Gasteiger partial charge >= 0.3 is 0 Å². The Hall–Kier alpha value is -1.47. The van der Waals surface area contributed by atoms with Crippen molar-refractivity contribution in [1.29, 1.82) is 0 Å². The van der Waals surface area contributed by atoms with Gasteiger partial charge in [0.1, 0.15) is 0 Å². The predicted molar refractivity (Wildman–Crippen MR) is 123 cm³/mol. The average molecular weight is 416 g/mol. The maximum atomic E-state index is 13.7. The van der Waals surface area contributed by atoms with Crippen LogP contribution in [0.5, 0.6) is 0 Å². The first-order valence-corrected chi connectivity index (χ1v) is 13.7. The molecule has 0 saturated carbocycles. The van der Waals surface area contributed by atoms with Crippen LogP contribution in [0.1, 0.15) is 27.2 Å². The summed E-state index contributed by atoms with van der Waals surface area (Å²) >= 11 is 0. The van der Waals surface area contributed by atoms with Gasteiger partial charge < -0.3 is 4.90 Å². The maximum Gasteiger partial charge on any atom is 0.261 e. The molecule has 1 saturated heterocycles. The quantitative estimate of drug-likeness (QED) is 0.764. The Labute approximate surface area is 171 Å². The molecule has 2 aromatic carbocycles. The fourth-order valence-corrected chi connectivity index (χ4v) is 12.9. The second-order valence-corrected chi connectivity index (χ2v) is 15.6. The highest BCUT2D eigenvalue weighted by atomic mass is 32.2. The molecule has 0 amide bonds. The fourth-order valence-electron chi connectivity index (χ4n) is 4.40. The molecule has 152 valence electrons. The van der Waals surface area contributed by atoms with E-state index < -0.39 is 18.2 Å². The van der Waals surface area contributed by atoms with E-state index in [4.69, 9.17) is 9.17 Å². The highest BCUT2D eigenvalue weighted by Gasteiger charge is 2.50. The van der Waals surface area contributed by atoms with Crippen LogP contribution in [0.2, 0.25) is 5.04 Å². The molecule has 0 aromatic heterocycles. The number of benzene rings is 2. The van der Waals surface area contributed by atoms with E-state index in [1.165, 1.54) is 0 Å². The minimum absolute atomic E-state index is 0.176. The summed E-state index contributed by atoms with van der Waals surface area (Å²) in [6.07, 6.45) is 1.04. The van der Waals surface area contributed by atoms with Gasteiger partial charge in [-0.1, -0.05) is 81.4 Å². The summed E-state index contributed by atoms with van der Waals surface area (Å²) in [7, 11) is -3.47. The molecular formula is C22H33N3OSSi. The highest BCUT2D eigenvalue weighted by molar-refractivity contribution is 7.92. The van der Waals surface area contributed by atoms with Gasteiger partial charge in [0.05, 0.1) is 9.92 Å². The summed E-state index contributed by atoms with van der Waals surface area (Å²) in [6, 6.07) is 20.8. The third-order valence-corrected chi connectivity index (χ3v) is 13.5. The van der Waals surface area contributed by atoms with Crippen LogP contribution in [0.25, 0.3) is 0 Å². The van der Waals surface area contributed by atoms with Crippen molar-refractivity contribution in [3.63, 3.8) is 0 Å². The van der Waals surface area contributed by atoms with Gasteiger partial charge in [-0.3, -0.25) is 4.03 Å². The molecule has 0 bridgehead atoms. The van der Waals surface area contributed by atoms with Crippen LogP contribution < -0.4 is 15.5 Å². The van der Waals surface area contributed by atoms with Gasteiger partial charge in [0.15, 0.2) is 0 Å². The highest BCUT2D eigenvalue weighted by Crippen LogP contribution is 2.37. The van der Waals surface area contributed by atoms with Crippen LogP contribution in [-0.4, -0.2) is 43.2 Å². The molecule has 0 aliphatic carbocycles. The maximum absolute atomic E-state index is 13.7. The molecule has 28 heavy (non-hydrogen) atoms. The van der Waals surface area contributed by atoms with Gasteiger partial charge in [0, 0.05) is 12.3 Å². The lowest BCUT2D eigenvalue weighted by atomic mass is 10.2. The molecule has 3 rings (SSSR count). The molecule has 2 unspecified atom stereocenters. The Morgan fingerprint density at radius 3 is 1.96 bits per heavy atom. The smallest absolute Gasteiger partial charge is 0.261 e. The van der Waals surface area contributed by atoms with Gasteiger partial charge in [0.25, 0.3) is 8.24 Å². The monoisotopic (exact) mass is 415 g/mol. The molecular weight excluding hydrogens is 382 g/mol. The lowest BCUT2D eigenvalue weighted by Gasteiger charge is -2.40. The summed E-state index contributed by atoms with van der Waals surface area (Å²) in [4.78, 5) is 2.28. The van der Waals surface area contributed by atoms with E-state index in [1.807, 2.05) is 36.4 Å². The van der Waals surface area contributed by atoms with Crippen molar-refractivity contribution in [1.82, 2.24) is 4.90 Å². The molecule has 2 N–H and O–H groups in total. The topological polar surface area (TPSA) is 58.7 Å². The van der Waals surface area contributed by atoms with Crippen LogP contribution in [0.4, 0.5) is 0 Å². The Kier molecular flexibility index (Phi) is 6.15. The van der Waals surface area contributed by atoms with Gasteiger partial charge in [-0.05, 0) is 41.3 Å². The first-order valence-electron chi connectivity index (χ1n) is 9.97. The molecule has 1 aliphatic heterocycles. The van der Waals surface area contributed by atoms with E-state index in [0.717, 1.165) is 29.9 Å². The van der Waals surface area contributed by atoms with Crippen LogP contribution in [0, 0.1) is 5.92 Å². The zero-order valence-corrected chi connectivity index (χ0v) is 19.3. The molecule has 1 heterocycles. The van der Waals surface area contributed by atoms with E-state index in [-0.39, 0.29) is 5.04 Å². The minimum Gasteiger partial charge on any atom is -0.306 e. The van der Waals surface area contributed by atoms with E-state index >= 15 is 0 Å². The predicted octanol–water partition coefficient (Wildman–Crippen LogP) is 2.84. The minimum atomic E-state index is -2.82. The molecule has 1 aliphatic rings. The molecule has 0 radical (unpaired) electrons. The van der Waals surface area contributed by atoms with Crippen molar-refractivity contribution in [2.75, 3.05) is 25.9 Å². The molecule has 2 aromatic rings.